The molecule has 0 spiro atoms. The van der Waals surface area contributed by atoms with Crippen LogP contribution in [-0.4, -0.2) is 12.2 Å². The van der Waals surface area contributed by atoms with Crippen molar-refractivity contribution >= 4 is 6.29 Å². The van der Waals surface area contributed by atoms with E-state index in [9.17, 15) is 13.6 Å². The van der Waals surface area contributed by atoms with Crippen LogP contribution in [0.15, 0.2) is 24.3 Å². The molecule has 1 aliphatic carbocycles. The predicted molar refractivity (Wildman–Crippen MR) is 58.0 cm³/mol. The lowest BCUT2D eigenvalue weighted by atomic mass is 9.81. The number of rotatable bonds is 2. The molecule has 1 aromatic rings. The molecule has 2 rings (SSSR count). The molecular formula is C13H14F2O. The van der Waals surface area contributed by atoms with Gasteiger partial charge in [0.25, 0.3) is 5.92 Å². The van der Waals surface area contributed by atoms with Crippen molar-refractivity contribution in [3.63, 3.8) is 0 Å². The molecule has 86 valence electrons. The average molecular weight is 224 g/mol. The number of aldehydes is 1. The Morgan fingerprint density at radius 2 is 1.88 bits per heavy atom. The smallest absolute Gasteiger partial charge is 0.254 e. The van der Waals surface area contributed by atoms with Gasteiger partial charge in [0.2, 0.25) is 0 Å². The van der Waals surface area contributed by atoms with Crippen molar-refractivity contribution in [1.82, 2.24) is 0 Å². The van der Waals surface area contributed by atoms with E-state index in [1.165, 1.54) is 0 Å². The van der Waals surface area contributed by atoms with Gasteiger partial charge < -0.3 is 0 Å². The molecule has 0 saturated heterocycles. The fraction of sp³-hybridized carbons (Fsp3) is 0.462. The van der Waals surface area contributed by atoms with Gasteiger partial charge in [-0.15, -0.1) is 0 Å². The lowest BCUT2D eigenvalue weighted by Gasteiger charge is -2.31. The highest BCUT2D eigenvalue weighted by Crippen LogP contribution is 2.44. The van der Waals surface area contributed by atoms with Crippen molar-refractivity contribution in [1.29, 1.82) is 0 Å². The molecule has 1 nitrogen and oxygen atoms in total. The SMILES string of the molecule is O=Cc1ccc(C2CCCCC2(F)F)cc1. The van der Waals surface area contributed by atoms with Crippen molar-refractivity contribution in [3.8, 4) is 0 Å². The third-order valence-corrected chi connectivity index (χ3v) is 3.24. The second kappa shape index (κ2) is 4.32. The minimum atomic E-state index is -2.60. The van der Waals surface area contributed by atoms with Gasteiger partial charge in [-0.05, 0) is 18.4 Å². The van der Waals surface area contributed by atoms with Gasteiger partial charge in [0.05, 0.1) is 0 Å². The summed E-state index contributed by atoms with van der Waals surface area (Å²) in [4.78, 5) is 10.5. The Balaban J connectivity index is 2.24. The molecule has 1 saturated carbocycles. The Labute approximate surface area is 93.5 Å². The Kier molecular flexibility index (Phi) is 3.03. The summed E-state index contributed by atoms with van der Waals surface area (Å²) in [6, 6.07) is 6.50. The van der Waals surface area contributed by atoms with Crippen LogP contribution in [0, 0.1) is 0 Å². The second-order valence-corrected chi connectivity index (χ2v) is 4.34. The summed E-state index contributed by atoms with van der Waals surface area (Å²) in [5.74, 6) is -3.28. The van der Waals surface area contributed by atoms with E-state index in [1.54, 1.807) is 24.3 Å². The quantitative estimate of drug-likeness (QED) is 0.698. The molecular weight excluding hydrogens is 210 g/mol. The number of carbonyl (C=O) groups excluding carboxylic acids is 1. The Morgan fingerprint density at radius 1 is 1.19 bits per heavy atom. The summed E-state index contributed by atoms with van der Waals surface area (Å²) in [7, 11) is 0. The summed E-state index contributed by atoms with van der Waals surface area (Å²) in [6.45, 7) is 0. The van der Waals surface area contributed by atoms with Gasteiger partial charge in [-0.1, -0.05) is 30.7 Å². The lowest BCUT2D eigenvalue weighted by Crippen LogP contribution is -2.29. The molecule has 0 heterocycles. The first-order valence-corrected chi connectivity index (χ1v) is 5.56. The average Bonchev–Trinajstić information content (AvgIpc) is 2.29. The van der Waals surface area contributed by atoms with Crippen molar-refractivity contribution < 1.29 is 13.6 Å². The van der Waals surface area contributed by atoms with Crippen molar-refractivity contribution in [2.24, 2.45) is 0 Å². The molecule has 3 heteroatoms. The zero-order chi connectivity index (χ0) is 11.6. The van der Waals surface area contributed by atoms with Crippen LogP contribution >= 0.6 is 0 Å². The van der Waals surface area contributed by atoms with Gasteiger partial charge in [-0.25, -0.2) is 8.78 Å². The first-order valence-electron chi connectivity index (χ1n) is 5.56. The highest BCUT2D eigenvalue weighted by atomic mass is 19.3. The van der Waals surface area contributed by atoms with E-state index in [1.807, 2.05) is 0 Å². The fourth-order valence-electron chi connectivity index (χ4n) is 2.31. The maximum Gasteiger partial charge on any atom is 0.254 e. The van der Waals surface area contributed by atoms with E-state index in [2.05, 4.69) is 0 Å². The first kappa shape index (κ1) is 11.2. The molecule has 0 aliphatic heterocycles. The standard InChI is InChI=1S/C13H14F2O/c14-13(15)8-2-1-3-12(13)11-6-4-10(9-16)5-7-11/h4-7,9,12H,1-3,8H2. The van der Waals surface area contributed by atoms with Crippen LogP contribution in [0.5, 0.6) is 0 Å². The number of carbonyl (C=O) groups is 1. The summed E-state index contributed by atoms with van der Waals surface area (Å²) in [5, 5.41) is 0. The molecule has 0 aromatic heterocycles. The Hall–Kier alpha value is -1.25. The Morgan fingerprint density at radius 3 is 2.44 bits per heavy atom. The van der Waals surface area contributed by atoms with Crippen LogP contribution in [-0.2, 0) is 0 Å². The van der Waals surface area contributed by atoms with Crippen LogP contribution in [0.25, 0.3) is 0 Å². The van der Waals surface area contributed by atoms with Gasteiger partial charge >= 0.3 is 0 Å². The maximum absolute atomic E-state index is 13.7. The highest BCUT2D eigenvalue weighted by Gasteiger charge is 2.41. The highest BCUT2D eigenvalue weighted by molar-refractivity contribution is 5.74. The minimum absolute atomic E-state index is 0.0207. The number of halogens is 2. The van der Waals surface area contributed by atoms with Gasteiger partial charge in [0.15, 0.2) is 0 Å². The largest absolute Gasteiger partial charge is 0.298 e. The van der Waals surface area contributed by atoms with Gasteiger partial charge in [0, 0.05) is 17.9 Å². The fourth-order valence-corrected chi connectivity index (χ4v) is 2.31. The van der Waals surface area contributed by atoms with E-state index >= 15 is 0 Å². The summed E-state index contributed by atoms with van der Waals surface area (Å²) in [6.07, 6.45) is 2.70. The molecule has 0 N–H and O–H groups in total. The third-order valence-electron chi connectivity index (χ3n) is 3.24. The van der Waals surface area contributed by atoms with Crippen LogP contribution in [0.4, 0.5) is 8.78 Å². The van der Waals surface area contributed by atoms with Crippen LogP contribution < -0.4 is 0 Å². The number of benzene rings is 1. The van der Waals surface area contributed by atoms with Crippen LogP contribution in [0.2, 0.25) is 0 Å². The zero-order valence-electron chi connectivity index (χ0n) is 8.96. The number of alkyl halides is 2. The number of hydrogen-bond donors (Lipinski definition) is 0. The van der Waals surface area contributed by atoms with Gasteiger partial charge in [-0.2, -0.15) is 0 Å². The van der Waals surface area contributed by atoms with Gasteiger partial charge in [-0.3, -0.25) is 4.79 Å². The van der Waals surface area contributed by atoms with Gasteiger partial charge in [0.1, 0.15) is 6.29 Å². The summed E-state index contributed by atoms with van der Waals surface area (Å²) < 4.78 is 27.3. The topological polar surface area (TPSA) is 17.1 Å². The molecule has 1 aliphatic rings. The molecule has 0 amide bonds. The van der Waals surface area contributed by atoms with Crippen molar-refractivity contribution in [3.05, 3.63) is 35.4 Å². The van der Waals surface area contributed by atoms with Crippen LogP contribution in [0.3, 0.4) is 0 Å². The molecule has 16 heavy (non-hydrogen) atoms. The zero-order valence-corrected chi connectivity index (χ0v) is 8.96. The third kappa shape index (κ3) is 2.13. The molecule has 0 radical (unpaired) electrons. The van der Waals surface area contributed by atoms with E-state index in [4.69, 9.17) is 0 Å². The normalized spacial score (nSPS) is 24.0. The first-order chi connectivity index (χ1) is 7.63. The number of hydrogen-bond acceptors (Lipinski definition) is 1. The molecule has 0 bridgehead atoms. The van der Waals surface area contributed by atoms with Crippen LogP contribution in [0.1, 0.15) is 47.5 Å². The predicted octanol–water partition coefficient (Wildman–Crippen LogP) is 3.79. The molecule has 1 aromatic carbocycles. The van der Waals surface area contributed by atoms with E-state index < -0.39 is 11.8 Å². The molecule has 1 atom stereocenters. The molecule has 1 unspecified atom stereocenters. The van der Waals surface area contributed by atoms with E-state index in [0.29, 0.717) is 24.0 Å². The second-order valence-electron chi connectivity index (χ2n) is 4.34. The monoisotopic (exact) mass is 224 g/mol. The minimum Gasteiger partial charge on any atom is -0.298 e. The lowest BCUT2D eigenvalue weighted by molar-refractivity contribution is -0.0547. The Bertz CT molecular complexity index is 370. The van der Waals surface area contributed by atoms with Crippen molar-refractivity contribution in [2.45, 2.75) is 37.5 Å². The maximum atomic E-state index is 13.7. The van der Waals surface area contributed by atoms with E-state index in [0.717, 1.165) is 12.7 Å². The van der Waals surface area contributed by atoms with Crippen molar-refractivity contribution in [2.75, 3.05) is 0 Å². The summed E-state index contributed by atoms with van der Waals surface area (Å²) in [5.41, 5.74) is 1.18. The summed E-state index contributed by atoms with van der Waals surface area (Å²) >= 11 is 0. The molecule has 1 fully saturated rings. The van der Waals surface area contributed by atoms with E-state index in [-0.39, 0.29) is 6.42 Å².